The Morgan fingerprint density at radius 3 is 2.86 bits per heavy atom. The van der Waals surface area contributed by atoms with E-state index in [0.717, 1.165) is 50.6 Å². The van der Waals surface area contributed by atoms with E-state index in [1.807, 2.05) is 18.2 Å². The molecule has 3 rings (SSSR count). The predicted octanol–water partition coefficient (Wildman–Crippen LogP) is 1.41. The molecule has 2 aliphatic heterocycles. The Morgan fingerprint density at radius 2 is 2.14 bits per heavy atom. The number of methoxy groups -OCH3 is 1. The molecule has 0 bridgehead atoms. The van der Waals surface area contributed by atoms with Crippen LogP contribution < -0.4 is 14.8 Å². The van der Waals surface area contributed by atoms with Gasteiger partial charge in [-0.1, -0.05) is 6.07 Å². The maximum atomic E-state index is 8.94. The van der Waals surface area contributed by atoms with Crippen LogP contribution in [0.15, 0.2) is 23.2 Å². The molecule has 1 aromatic carbocycles. The summed E-state index contributed by atoms with van der Waals surface area (Å²) in [5.41, 5.74) is 1.03. The highest BCUT2D eigenvalue weighted by Crippen LogP contribution is 2.28. The molecule has 0 aliphatic carbocycles. The maximum Gasteiger partial charge on any atom is 0.194 e. The zero-order valence-corrected chi connectivity index (χ0v) is 17.4. The first-order valence-corrected chi connectivity index (χ1v) is 10.4. The molecule has 2 aliphatic rings. The molecule has 2 fully saturated rings. The Hall–Kier alpha value is -2.03. The van der Waals surface area contributed by atoms with Gasteiger partial charge in [-0.3, -0.25) is 0 Å². The van der Waals surface area contributed by atoms with Crippen molar-refractivity contribution in [1.82, 2.24) is 10.2 Å². The molecule has 0 spiro atoms. The highest BCUT2D eigenvalue weighted by Gasteiger charge is 2.32. The summed E-state index contributed by atoms with van der Waals surface area (Å²) in [5.74, 6) is 2.15. The molecule has 0 saturated carbocycles. The summed E-state index contributed by atoms with van der Waals surface area (Å²) in [4.78, 5) is 7.09. The number of benzene rings is 1. The number of rotatable bonds is 8. The van der Waals surface area contributed by atoms with Gasteiger partial charge in [-0.15, -0.1) is 0 Å². The predicted molar refractivity (Wildman–Crippen MR) is 111 cm³/mol. The minimum Gasteiger partial charge on any atom is -0.493 e. The van der Waals surface area contributed by atoms with Crippen molar-refractivity contribution in [2.75, 3.05) is 53.2 Å². The van der Waals surface area contributed by atoms with Crippen molar-refractivity contribution < 1.29 is 24.1 Å². The average molecular weight is 408 g/mol. The number of morpholine rings is 1. The van der Waals surface area contributed by atoms with Crippen LogP contribution in [0.25, 0.3) is 0 Å². The van der Waals surface area contributed by atoms with Crippen LogP contribution in [0, 0.1) is 0 Å². The summed E-state index contributed by atoms with van der Waals surface area (Å²) >= 11 is 0. The lowest BCUT2D eigenvalue weighted by Gasteiger charge is -2.37. The van der Waals surface area contributed by atoms with Crippen molar-refractivity contribution in [2.45, 2.75) is 38.5 Å². The summed E-state index contributed by atoms with van der Waals surface area (Å²) in [5, 5.41) is 12.3. The molecule has 8 nitrogen and oxygen atoms in total. The molecule has 2 unspecified atom stereocenters. The van der Waals surface area contributed by atoms with E-state index in [4.69, 9.17) is 29.0 Å². The normalized spacial score (nSPS) is 22.6. The third kappa shape index (κ3) is 5.98. The Morgan fingerprint density at radius 1 is 1.28 bits per heavy atom. The van der Waals surface area contributed by atoms with Crippen LogP contribution in [0.5, 0.6) is 11.5 Å². The molecule has 2 atom stereocenters. The fourth-order valence-corrected chi connectivity index (χ4v) is 3.67. The zero-order valence-electron chi connectivity index (χ0n) is 17.4. The van der Waals surface area contributed by atoms with E-state index in [-0.39, 0.29) is 25.4 Å². The summed E-state index contributed by atoms with van der Waals surface area (Å²) in [6.45, 7) is 6.72. The fraction of sp³-hybridized carbons (Fsp3) is 0.667. The Balaban J connectivity index is 1.66. The number of nitrogens with one attached hydrogen (secondary N) is 1. The lowest BCUT2D eigenvalue weighted by molar-refractivity contribution is -0.0817. The Kier molecular flexibility index (Phi) is 8.39. The number of nitrogens with zero attached hydrogens (tertiary/aromatic N) is 2. The van der Waals surface area contributed by atoms with Gasteiger partial charge in [-0.2, -0.15) is 0 Å². The van der Waals surface area contributed by atoms with Crippen molar-refractivity contribution >= 4 is 5.96 Å². The maximum absolute atomic E-state index is 8.94. The van der Waals surface area contributed by atoms with E-state index in [1.54, 1.807) is 7.11 Å². The van der Waals surface area contributed by atoms with Gasteiger partial charge in [0.1, 0.15) is 12.7 Å². The molecular formula is C21H33N3O5. The second-order valence-corrected chi connectivity index (χ2v) is 7.13. The minimum absolute atomic E-state index is 0.0340. The monoisotopic (exact) mass is 407 g/mol. The molecule has 2 heterocycles. The lowest BCUT2D eigenvalue weighted by atomic mass is 10.1. The molecule has 1 aromatic rings. The van der Waals surface area contributed by atoms with Crippen LogP contribution >= 0.6 is 0 Å². The van der Waals surface area contributed by atoms with E-state index in [9.17, 15) is 0 Å². The number of hydrogen-bond acceptors (Lipinski definition) is 6. The van der Waals surface area contributed by atoms with Crippen molar-refractivity contribution in [3.63, 3.8) is 0 Å². The number of aliphatic hydroxyl groups excluding tert-OH is 1. The molecule has 2 N–H and O–H groups in total. The first-order valence-electron chi connectivity index (χ1n) is 10.4. The summed E-state index contributed by atoms with van der Waals surface area (Å²) < 4.78 is 22.7. The second-order valence-electron chi connectivity index (χ2n) is 7.13. The van der Waals surface area contributed by atoms with Crippen molar-refractivity contribution in [3.05, 3.63) is 23.8 Å². The third-order valence-corrected chi connectivity index (χ3v) is 5.10. The van der Waals surface area contributed by atoms with Crippen molar-refractivity contribution in [3.8, 4) is 11.5 Å². The van der Waals surface area contributed by atoms with Crippen LogP contribution in [0.4, 0.5) is 0 Å². The molecule has 29 heavy (non-hydrogen) atoms. The molecule has 0 radical (unpaired) electrons. The SMILES string of the molecule is CCNC(=NCc1ccc(OCCO)c(OC)c1)N1CCOC(C2CCCO2)C1. The molecule has 0 aromatic heterocycles. The van der Waals surface area contributed by atoms with Gasteiger partial charge < -0.3 is 34.3 Å². The van der Waals surface area contributed by atoms with Crippen LogP contribution in [-0.2, 0) is 16.0 Å². The van der Waals surface area contributed by atoms with Crippen LogP contribution in [0.3, 0.4) is 0 Å². The molecular weight excluding hydrogens is 374 g/mol. The van der Waals surface area contributed by atoms with Gasteiger partial charge in [0, 0.05) is 26.2 Å². The summed E-state index contributed by atoms with van der Waals surface area (Å²) in [6.07, 6.45) is 2.46. The molecule has 2 saturated heterocycles. The van der Waals surface area contributed by atoms with Gasteiger partial charge in [-0.25, -0.2) is 4.99 Å². The number of aliphatic imine (C=N–C) groups is 1. The highest BCUT2D eigenvalue weighted by molar-refractivity contribution is 5.80. The topological polar surface area (TPSA) is 84.8 Å². The minimum atomic E-state index is -0.0340. The molecule has 0 amide bonds. The fourth-order valence-electron chi connectivity index (χ4n) is 3.67. The average Bonchev–Trinajstić information content (AvgIpc) is 3.30. The van der Waals surface area contributed by atoms with Crippen molar-refractivity contribution in [1.29, 1.82) is 0 Å². The van der Waals surface area contributed by atoms with E-state index >= 15 is 0 Å². The van der Waals surface area contributed by atoms with Gasteiger partial charge in [0.05, 0.1) is 33.0 Å². The first kappa shape index (κ1) is 21.7. The summed E-state index contributed by atoms with van der Waals surface area (Å²) in [7, 11) is 1.61. The number of ether oxygens (including phenoxy) is 4. The van der Waals surface area contributed by atoms with E-state index in [0.29, 0.717) is 24.7 Å². The van der Waals surface area contributed by atoms with E-state index in [2.05, 4.69) is 17.1 Å². The van der Waals surface area contributed by atoms with Gasteiger partial charge in [-0.05, 0) is 37.5 Å². The van der Waals surface area contributed by atoms with Gasteiger partial charge in [0.15, 0.2) is 17.5 Å². The van der Waals surface area contributed by atoms with Crippen LogP contribution in [0.1, 0.15) is 25.3 Å². The number of aliphatic hydroxyl groups is 1. The van der Waals surface area contributed by atoms with Gasteiger partial charge >= 0.3 is 0 Å². The largest absolute Gasteiger partial charge is 0.493 e. The quantitative estimate of drug-likeness (QED) is 0.498. The molecule has 162 valence electrons. The third-order valence-electron chi connectivity index (χ3n) is 5.10. The van der Waals surface area contributed by atoms with Gasteiger partial charge in [0.25, 0.3) is 0 Å². The second kappa shape index (κ2) is 11.2. The Labute approximate surface area is 172 Å². The van der Waals surface area contributed by atoms with E-state index < -0.39 is 0 Å². The highest BCUT2D eigenvalue weighted by atomic mass is 16.5. The van der Waals surface area contributed by atoms with Crippen LogP contribution in [-0.4, -0.2) is 81.3 Å². The Bertz CT molecular complexity index is 664. The van der Waals surface area contributed by atoms with Crippen LogP contribution in [0.2, 0.25) is 0 Å². The smallest absolute Gasteiger partial charge is 0.194 e. The summed E-state index contributed by atoms with van der Waals surface area (Å²) in [6, 6.07) is 5.75. The number of hydrogen-bond donors (Lipinski definition) is 2. The first-order chi connectivity index (χ1) is 14.2. The molecule has 8 heteroatoms. The zero-order chi connectivity index (χ0) is 20.5. The standard InChI is InChI=1S/C21H33N3O5/c1-3-22-21(24-8-11-28-20(15-24)17-5-4-10-27-17)23-14-16-6-7-18(29-12-9-25)19(13-16)26-2/h6-7,13,17,20,25H,3-5,8-12,14-15H2,1-2H3,(H,22,23). The van der Waals surface area contributed by atoms with E-state index in [1.165, 1.54) is 0 Å². The lowest BCUT2D eigenvalue weighted by Crippen LogP contribution is -2.53. The van der Waals surface area contributed by atoms with Crippen molar-refractivity contribution in [2.24, 2.45) is 4.99 Å². The van der Waals surface area contributed by atoms with Gasteiger partial charge in [0.2, 0.25) is 0 Å². The number of guanidine groups is 1.